The Labute approximate surface area is 97.1 Å². The van der Waals surface area contributed by atoms with Gasteiger partial charge in [0, 0.05) is 18.8 Å². The zero-order valence-corrected chi connectivity index (χ0v) is 10.7. The van der Waals surface area contributed by atoms with Crippen LogP contribution in [-0.4, -0.2) is 25.5 Å². The molecule has 1 rings (SSSR count). The number of hydrogen-bond acceptors (Lipinski definition) is 3. The van der Waals surface area contributed by atoms with E-state index in [1.165, 1.54) is 4.31 Å². The number of sulfonamides is 1. The molecule has 1 unspecified atom stereocenters. The molecule has 90 valence electrons. The molecule has 0 amide bonds. The van der Waals surface area contributed by atoms with Crippen LogP contribution in [0, 0.1) is 0 Å². The van der Waals surface area contributed by atoms with Crippen LogP contribution in [0.4, 0.5) is 5.69 Å². The lowest BCUT2D eigenvalue weighted by Crippen LogP contribution is -2.31. The molecular weight excluding hydrogens is 224 g/mol. The van der Waals surface area contributed by atoms with Gasteiger partial charge in [0.15, 0.2) is 0 Å². The van der Waals surface area contributed by atoms with Crippen molar-refractivity contribution in [3.8, 4) is 0 Å². The molecule has 2 N–H and O–H groups in total. The van der Waals surface area contributed by atoms with Crippen LogP contribution >= 0.6 is 0 Å². The molecule has 0 bridgehead atoms. The first kappa shape index (κ1) is 13.0. The van der Waals surface area contributed by atoms with Gasteiger partial charge in [-0.2, -0.15) is 4.31 Å². The Kier molecular flexibility index (Phi) is 3.93. The molecule has 4 nitrogen and oxygen atoms in total. The van der Waals surface area contributed by atoms with E-state index in [0.29, 0.717) is 5.69 Å². The second-order valence-corrected chi connectivity index (χ2v) is 6.08. The highest BCUT2D eigenvalue weighted by atomic mass is 32.2. The molecule has 5 heteroatoms. The molecule has 0 aliphatic carbocycles. The Bertz CT molecular complexity index is 457. The average molecular weight is 242 g/mol. The smallest absolute Gasteiger partial charge is 0.214 e. The predicted molar refractivity (Wildman–Crippen MR) is 66.5 cm³/mol. The summed E-state index contributed by atoms with van der Waals surface area (Å²) >= 11 is 0. The first-order valence-electron chi connectivity index (χ1n) is 5.19. The molecule has 0 aliphatic rings. The van der Waals surface area contributed by atoms with Crippen molar-refractivity contribution in [1.29, 1.82) is 0 Å². The molecule has 0 aromatic heterocycles. The third kappa shape index (κ3) is 2.74. The number of nitrogens with zero attached hydrogens (tertiary/aromatic N) is 1. The van der Waals surface area contributed by atoms with Gasteiger partial charge in [0.1, 0.15) is 0 Å². The van der Waals surface area contributed by atoms with Gasteiger partial charge in [-0.15, -0.1) is 0 Å². The van der Waals surface area contributed by atoms with Crippen LogP contribution in [-0.2, 0) is 10.0 Å². The third-order valence-electron chi connectivity index (χ3n) is 2.74. The van der Waals surface area contributed by atoms with Gasteiger partial charge in [-0.25, -0.2) is 8.42 Å². The van der Waals surface area contributed by atoms with Gasteiger partial charge in [0.05, 0.1) is 5.75 Å². The maximum absolute atomic E-state index is 11.7. The van der Waals surface area contributed by atoms with E-state index >= 15 is 0 Å². The van der Waals surface area contributed by atoms with Gasteiger partial charge in [0.2, 0.25) is 10.0 Å². The first-order valence-corrected chi connectivity index (χ1v) is 6.80. The molecule has 1 aromatic carbocycles. The van der Waals surface area contributed by atoms with Gasteiger partial charge >= 0.3 is 0 Å². The number of benzene rings is 1. The Morgan fingerprint density at radius 2 is 2.06 bits per heavy atom. The second kappa shape index (κ2) is 4.84. The Morgan fingerprint density at radius 3 is 2.56 bits per heavy atom. The highest BCUT2D eigenvalue weighted by Gasteiger charge is 2.22. The molecule has 16 heavy (non-hydrogen) atoms. The average Bonchev–Trinajstić information content (AvgIpc) is 2.27. The van der Waals surface area contributed by atoms with E-state index in [9.17, 15) is 8.42 Å². The van der Waals surface area contributed by atoms with E-state index in [0.717, 1.165) is 5.56 Å². The van der Waals surface area contributed by atoms with Crippen LogP contribution in [0.2, 0.25) is 0 Å². The molecule has 1 atom stereocenters. The highest BCUT2D eigenvalue weighted by molar-refractivity contribution is 7.89. The Morgan fingerprint density at radius 1 is 1.44 bits per heavy atom. The van der Waals surface area contributed by atoms with Crippen molar-refractivity contribution >= 4 is 15.7 Å². The first-order chi connectivity index (χ1) is 7.38. The van der Waals surface area contributed by atoms with Crippen molar-refractivity contribution in [3.63, 3.8) is 0 Å². The fourth-order valence-corrected chi connectivity index (χ4v) is 2.48. The lowest BCUT2D eigenvalue weighted by Gasteiger charge is -2.24. The van der Waals surface area contributed by atoms with E-state index in [2.05, 4.69) is 0 Å². The standard InChI is InChI=1S/C11H18N2O2S/c1-4-16(14,15)13(3)9(2)10-6-5-7-11(12)8-10/h5-9H,4,12H2,1-3H3. The Balaban J connectivity index is 2.99. The largest absolute Gasteiger partial charge is 0.399 e. The minimum absolute atomic E-state index is 0.107. The molecule has 0 spiro atoms. The minimum atomic E-state index is -3.17. The third-order valence-corrected chi connectivity index (χ3v) is 4.67. The van der Waals surface area contributed by atoms with Gasteiger partial charge in [-0.05, 0) is 31.5 Å². The van der Waals surface area contributed by atoms with E-state index in [4.69, 9.17) is 5.73 Å². The van der Waals surface area contributed by atoms with Crippen molar-refractivity contribution in [1.82, 2.24) is 4.31 Å². The topological polar surface area (TPSA) is 63.4 Å². The monoisotopic (exact) mass is 242 g/mol. The summed E-state index contributed by atoms with van der Waals surface area (Å²) in [6, 6.07) is 7.08. The zero-order valence-electron chi connectivity index (χ0n) is 9.84. The summed E-state index contributed by atoms with van der Waals surface area (Å²) < 4.78 is 24.8. The van der Waals surface area contributed by atoms with Gasteiger partial charge in [-0.3, -0.25) is 0 Å². The highest BCUT2D eigenvalue weighted by Crippen LogP contribution is 2.22. The molecule has 0 saturated heterocycles. The summed E-state index contributed by atoms with van der Waals surface area (Å²) in [6.07, 6.45) is 0. The fraction of sp³-hybridized carbons (Fsp3) is 0.455. The van der Waals surface area contributed by atoms with Crippen molar-refractivity contribution < 1.29 is 8.42 Å². The Hall–Kier alpha value is -1.07. The number of rotatable bonds is 4. The van der Waals surface area contributed by atoms with Crippen LogP contribution in [0.5, 0.6) is 0 Å². The van der Waals surface area contributed by atoms with E-state index in [1.54, 1.807) is 26.1 Å². The predicted octanol–water partition coefficient (Wildman–Crippen LogP) is 1.61. The van der Waals surface area contributed by atoms with Crippen molar-refractivity contribution in [3.05, 3.63) is 29.8 Å². The van der Waals surface area contributed by atoms with Crippen LogP contribution in [0.3, 0.4) is 0 Å². The van der Waals surface area contributed by atoms with E-state index in [-0.39, 0.29) is 11.8 Å². The van der Waals surface area contributed by atoms with Gasteiger partial charge in [0.25, 0.3) is 0 Å². The summed E-state index contributed by atoms with van der Waals surface area (Å²) in [6.45, 7) is 3.49. The molecule has 0 heterocycles. The van der Waals surface area contributed by atoms with Gasteiger partial charge in [-0.1, -0.05) is 12.1 Å². The lowest BCUT2D eigenvalue weighted by molar-refractivity contribution is 0.399. The van der Waals surface area contributed by atoms with Crippen LogP contribution in [0.25, 0.3) is 0 Å². The summed E-state index contributed by atoms with van der Waals surface area (Å²) in [5.41, 5.74) is 7.22. The quantitative estimate of drug-likeness (QED) is 0.816. The molecule has 0 saturated carbocycles. The number of nitrogens with two attached hydrogens (primary N) is 1. The summed E-state index contributed by atoms with van der Waals surface area (Å²) in [7, 11) is -1.58. The second-order valence-electron chi connectivity index (χ2n) is 3.76. The molecule has 0 radical (unpaired) electrons. The molecular formula is C11H18N2O2S. The van der Waals surface area contributed by atoms with E-state index in [1.807, 2.05) is 19.1 Å². The summed E-state index contributed by atoms with van der Waals surface area (Å²) in [5, 5.41) is 0. The fourth-order valence-electron chi connectivity index (χ4n) is 1.47. The van der Waals surface area contributed by atoms with Crippen LogP contribution in [0.1, 0.15) is 25.5 Å². The maximum Gasteiger partial charge on any atom is 0.214 e. The van der Waals surface area contributed by atoms with Crippen LogP contribution in [0.15, 0.2) is 24.3 Å². The SMILES string of the molecule is CCS(=O)(=O)N(C)C(C)c1cccc(N)c1. The number of nitrogen functional groups attached to an aromatic ring is 1. The van der Waals surface area contributed by atoms with Crippen molar-refractivity contribution in [2.75, 3.05) is 18.5 Å². The van der Waals surface area contributed by atoms with Crippen molar-refractivity contribution in [2.45, 2.75) is 19.9 Å². The van der Waals surface area contributed by atoms with Crippen LogP contribution < -0.4 is 5.73 Å². The molecule has 0 aliphatic heterocycles. The maximum atomic E-state index is 11.7. The zero-order chi connectivity index (χ0) is 12.3. The number of anilines is 1. The molecule has 0 fully saturated rings. The number of hydrogen-bond donors (Lipinski definition) is 1. The van der Waals surface area contributed by atoms with Crippen molar-refractivity contribution in [2.24, 2.45) is 0 Å². The molecule has 1 aromatic rings. The summed E-state index contributed by atoms with van der Waals surface area (Å²) in [5.74, 6) is 0.107. The summed E-state index contributed by atoms with van der Waals surface area (Å²) in [4.78, 5) is 0. The normalized spacial score (nSPS) is 14.0. The minimum Gasteiger partial charge on any atom is -0.399 e. The van der Waals surface area contributed by atoms with E-state index < -0.39 is 10.0 Å². The lowest BCUT2D eigenvalue weighted by atomic mass is 10.1. The van der Waals surface area contributed by atoms with Gasteiger partial charge < -0.3 is 5.73 Å².